The molecule has 0 saturated heterocycles. The Balaban J connectivity index is 2.19. The fourth-order valence-corrected chi connectivity index (χ4v) is 0.913. The van der Waals surface area contributed by atoms with Crippen LogP contribution in [-0.4, -0.2) is 10.4 Å². The monoisotopic (exact) mass is 140 g/mol. The minimum atomic E-state index is 0.321. The van der Waals surface area contributed by atoms with Crippen LogP contribution in [0.4, 0.5) is 5.88 Å². The molecule has 1 saturated carbocycles. The Hall–Kier alpha value is -1.03. The van der Waals surface area contributed by atoms with E-state index >= 15 is 0 Å². The van der Waals surface area contributed by atoms with Crippen LogP contribution in [0.2, 0.25) is 0 Å². The lowest BCUT2D eigenvalue weighted by Gasteiger charge is -1.82. The van der Waals surface area contributed by atoms with Crippen molar-refractivity contribution in [1.82, 2.24) is 5.16 Å². The van der Waals surface area contributed by atoms with Gasteiger partial charge in [0.1, 0.15) is 0 Å². The first kappa shape index (κ1) is 5.73. The maximum Gasteiger partial charge on any atom is 0.248 e. The van der Waals surface area contributed by atoms with Crippen LogP contribution in [0.1, 0.15) is 24.5 Å². The van der Waals surface area contributed by atoms with E-state index in [0.717, 1.165) is 5.69 Å². The average Bonchev–Trinajstić information content (AvgIpc) is 2.70. The molecule has 2 rings (SSSR count). The number of nitrogens with one attached hydrogen (secondary N) is 1. The van der Waals surface area contributed by atoms with Crippen molar-refractivity contribution < 1.29 is 9.73 Å². The van der Waals surface area contributed by atoms with Crippen molar-refractivity contribution in [2.45, 2.75) is 18.8 Å². The number of aromatic nitrogens is 1. The van der Waals surface area contributed by atoms with Gasteiger partial charge in [-0.15, -0.1) is 0 Å². The second-order valence-electron chi connectivity index (χ2n) is 2.50. The van der Waals surface area contributed by atoms with E-state index < -0.39 is 0 Å². The Labute approximate surface area is 57.8 Å². The topological polar surface area (TPSA) is 58.3 Å². The summed E-state index contributed by atoms with van der Waals surface area (Å²) < 4.78 is 4.70. The largest absolute Gasteiger partial charge is 0.336 e. The van der Waals surface area contributed by atoms with Crippen molar-refractivity contribution >= 4 is 5.88 Å². The van der Waals surface area contributed by atoms with Gasteiger partial charge in [0.25, 0.3) is 0 Å². The van der Waals surface area contributed by atoms with Gasteiger partial charge in [-0.05, 0) is 12.8 Å². The van der Waals surface area contributed by atoms with Crippen LogP contribution in [0.5, 0.6) is 0 Å². The van der Waals surface area contributed by atoms with Crippen molar-refractivity contribution in [1.29, 1.82) is 0 Å². The zero-order valence-electron chi connectivity index (χ0n) is 5.37. The lowest BCUT2D eigenvalue weighted by molar-refractivity contribution is 0.336. The average molecular weight is 140 g/mol. The molecule has 1 aromatic heterocycles. The molecule has 1 fully saturated rings. The molecular weight excluding hydrogens is 132 g/mol. The number of anilines is 1. The van der Waals surface area contributed by atoms with E-state index in [0.29, 0.717) is 11.8 Å². The lowest BCUT2D eigenvalue weighted by atomic mass is 10.3. The van der Waals surface area contributed by atoms with Gasteiger partial charge < -0.3 is 4.52 Å². The highest BCUT2D eigenvalue weighted by Gasteiger charge is 2.26. The molecule has 54 valence electrons. The second kappa shape index (κ2) is 1.98. The normalized spacial score (nSPS) is 17.3. The van der Waals surface area contributed by atoms with Gasteiger partial charge in [0.2, 0.25) is 5.88 Å². The van der Waals surface area contributed by atoms with Crippen LogP contribution in [0.3, 0.4) is 0 Å². The molecule has 0 aromatic carbocycles. The molecule has 0 amide bonds. The summed E-state index contributed by atoms with van der Waals surface area (Å²) in [4.78, 5) is 0. The quantitative estimate of drug-likeness (QED) is 0.609. The van der Waals surface area contributed by atoms with Crippen LogP contribution in [0.25, 0.3) is 0 Å². The van der Waals surface area contributed by atoms with Crippen LogP contribution in [-0.2, 0) is 0 Å². The first-order chi connectivity index (χ1) is 4.90. The number of rotatable bonds is 2. The third kappa shape index (κ3) is 0.863. The van der Waals surface area contributed by atoms with Gasteiger partial charge in [0, 0.05) is 12.0 Å². The van der Waals surface area contributed by atoms with Gasteiger partial charge in [-0.1, -0.05) is 5.16 Å². The number of hydrogen-bond acceptors (Lipinski definition) is 4. The molecule has 4 nitrogen and oxygen atoms in total. The number of nitrogens with zero attached hydrogens (tertiary/aromatic N) is 1. The third-order valence-corrected chi connectivity index (χ3v) is 1.63. The summed E-state index contributed by atoms with van der Waals surface area (Å²) in [6, 6.07) is 1.72. The minimum Gasteiger partial charge on any atom is -0.336 e. The molecule has 1 aromatic rings. The highest BCUT2D eigenvalue weighted by Crippen LogP contribution is 2.39. The van der Waals surface area contributed by atoms with E-state index in [9.17, 15) is 0 Å². The molecule has 1 aliphatic carbocycles. The highest BCUT2D eigenvalue weighted by atomic mass is 16.5. The third-order valence-electron chi connectivity index (χ3n) is 1.63. The highest BCUT2D eigenvalue weighted by molar-refractivity contribution is 5.31. The Kier molecular flexibility index (Phi) is 1.14. The molecule has 1 aliphatic rings. The van der Waals surface area contributed by atoms with Crippen LogP contribution in [0, 0.1) is 0 Å². The molecular formula is C6H8N2O2. The summed E-state index contributed by atoms with van der Waals surface area (Å²) >= 11 is 0. The summed E-state index contributed by atoms with van der Waals surface area (Å²) in [5.41, 5.74) is 2.84. The van der Waals surface area contributed by atoms with Crippen LogP contribution >= 0.6 is 0 Å². The van der Waals surface area contributed by atoms with Gasteiger partial charge in [0.15, 0.2) is 0 Å². The first-order valence-corrected chi connectivity index (χ1v) is 3.27. The van der Waals surface area contributed by atoms with Crippen molar-refractivity contribution in [2.75, 3.05) is 5.48 Å². The summed E-state index contributed by atoms with van der Waals surface area (Å²) in [5.74, 6) is 0.896. The zero-order chi connectivity index (χ0) is 6.97. The predicted molar refractivity (Wildman–Crippen MR) is 33.9 cm³/mol. The first-order valence-electron chi connectivity index (χ1n) is 3.27. The molecule has 0 atom stereocenters. The number of hydrogen-bond donors (Lipinski definition) is 2. The summed E-state index contributed by atoms with van der Waals surface area (Å²) in [7, 11) is 0. The van der Waals surface area contributed by atoms with Crippen molar-refractivity contribution in [3.8, 4) is 0 Å². The SMILES string of the molecule is ONc1cc(C2CC2)no1. The van der Waals surface area contributed by atoms with E-state index in [-0.39, 0.29) is 0 Å². The molecule has 10 heavy (non-hydrogen) atoms. The maximum absolute atomic E-state index is 8.37. The molecule has 4 heteroatoms. The Morgan fingerprint density at radius 3 is 3.00 bits per heavy atom. The minimum absolute atomic E-state index is 0.321. The van der Waals surface area contributed by atoms with Gasteiger partial charge >= 0.3 is 0 Å². The summed E-state index contributed by atoms with van der Waals surface area (Å²) in [5, 5.41) is 12.1. The molecule has 0 unspecified atom stereocenters. The smallest absolute Gasteiger partial charge is 0.248 e. The van der Waals surface area contributed by atoms with E-state index in [4.69, 9.17) is 9.73 Å². The Bertz CT molecular complexity index is 229. The fourth-order valence-electron chi connectivity index (χ4n) is 0.913. The van der Waals surface area contributed by atoms with E-state index in [1.54, 1.807) is 6.07 Å². The van der Waals surface area contributed by atoms with E-state index in [2.05, 4.69) is 5.16 Å². The summed E-state index contributed by atoms with van der Waals surface area (Å²) in [6.07, 6.45) is 2.38. The lowest BCUT2D eigenvalue weighted by Crippen LogP contribution is -1.83. The zero-order valence-corrected chi connectivity index (χ0v) is 5.37. The molecule has 2 N–H and O–H groups in total. The fraction of sp³-hybridized carbons (Fsp3) is 0.500. The summed E-state index contributed by atoms with van der Waals surface area (Å²) in [6.45, 7) is 0. The van der Waals surface area contributed by atoms with E-state index in [1.165, 1.54) is 12.8 Å². The second-order valence-corrected chi connectivity index (χ2v) is 2.50. The van der Waals surface area contributed by atoms with Crippen molar-refractivity contribution in [2.24, 2.45) is 0 Å². The van der Waals surface area contributed by atoms with Crippen molar-refractivity contribution in [3.05, 3.63) is 11.8 Å². The van der Waals surface area contributed by atoms with Gasteiger partial charge in [-0.3, -0.25) is 5.21 Å². The van der Waals surface area contributed by atoms with Crippen LogP contribution < -0.4 is 5.48 Å². The van der Waals surface area contributed by atoms with Crippen molar-refractivity contribution in [3.63, 3.8) is 0 Å². The Morgan fingerprint density at radius 1 is 1.70 bits per heavy atom. The molecule has 0 bridgehead atoms. The molecule has 0 spiro atoms. The molecule has 0 aliphatic heterocycles. The predicted octanol–water partition coefficient (Wildman–Crippen LogP) is 1.35. The molecule has 0 radical (unpaired) electrons. The van der Waals surface area contributed by atoms with Gasteiger partial charge in [-0.2, -0.15) is 0 Å². The standard InChI is InChI=1S/C6H8N2O2/c9-7-6-3-5(8-10-6)4-1-2-4/h3-4,7,9H,1-2H2. The van der Waals surface area contributed by atoms with Crippen LogP contribution in [0.15, 0.2) is 10.6 Å². The van der Waals surface area contributed by atoms with Gasteiger partial charge in [-0.25, -0.2) is 5.48 Å². The Morgan fingerprint density at radius 2 is 2.50 bits per heavy atom. The van der Waals surface area contributed by atoms with Gasteiger partial charge in [0.05, 0.1) is 5.69 Å². The maximum atomic E-state index is 8.37. The van der Waals surface area contributed by atoms with E-state index in [1.807, 2.05) is 5.48 Å². The molecule has 1 heterocycles.